The van der Waals surface area contributed by atoms with Crippen LogP contribution in [-0.2, 0) is 12.8 Å². The van der Waals surface area contributed by atoms with Crippen molar-refractivity contribution >= 4 is 40.3 Å². The normalized spacial score (nSPS) is 14.1. The van der Waals surface area contributed by atoms with Gasteiger partial charge in [0.1, 0.15) is 0 Å². The van der Waals surface area contributed by atoms with E-state index < -0.39 is 5.91 Å². The quantitative estimate of drug-likeness (QED) is 0.633. The Morgan fingerprint density at radius 3 is 2.16 bits per heavy atom. The van der Waals surface area contributed by atoms with Gasteiger partial charge in [0.05, 0.1) is 14.6 Å². The molecule has 2 heterocycles. The second kappa shape index (κ2) is 7.93. The van der Waals surface area contributed by atoms with E-state index in [1.807, 2.05) is 6.07 Å². The highest BCUT2D eigenvalue weighted by Crippen LogP contribution is 2.28. The number of hydrogen-bond donors (Lipinski definition) is 2. The molecule has 2 aromatic heterocycles. The summed E-state index contributed by atoms with van der Waals surface area (Å²) in [5.74, 6) is -0.793. The first kappa shape index (κ1) is 17.8. The molecule has 3 rings (SSSR count). The van der Waals surface area contributed by atoms with Crippen molar-refractivity contribution < 1.29 is 14.4 Å². The molecule has 2 aromatic rings. The summed E-state index contributed by atoms with van der Waals surface area (Å²) in [4.78, 5) is 38.5. The molecule has 0 saturated carbocycles. The minimum Gasteiger partial charge on any atom is -0.294 e. The predicted molar refractivity (Wildman–Crippen MR) is 99.5 cm³/mol. The molecule has 0 radical (unpaired) electrons. The first-order valence-electron chi connectivity index (χ1n) is 8.37. The average Bonchev–Trinajstić information content (AvgIpc) is 3.20. The van der Waals surface area contributed by atoms with Crippen molar-refractivity contribution in [1.82, 2.24) is 10.9 Å². The maximum Gasteiger partial charge on any atom is 0.279 e. The van der Waals surface area contributed by atoms with E-state index in [2.05, 4.69) is 10.9 Å². The zero-order chi connectivity index (χ0) is 17.8. The number of fused-ring (bicyclic) bond motifs is 1. The van der Waals surface area contributed by atoms with Crippen LogP contribution in [0.5, 0.6) is 0 Å². The third-order valence-electron chi connectivity index (χ3n) is 4.19. The number of thiophene rings is 2. The first-order chi connectivity index (χ1) is 12.0. The third kappa shape index (κ3) is 4.35. The molecule has 0 aromatic carbocycles. The fourth-order valence-electron chi connectivity index (χ4n) is 2.84. The standard InChI is InChI=1S/C18H20N2O3S2/c1-11(21)13-8-9-15(24-13)17(22)19-20-18(23)16-10-12-6-4-2-3-5-7-14(12)25-16/h8-10H,2-7H2,1H3,(H,19,22)(H,20,23). The second-order valence-corrected chi connectivity index (χ2v) is 8.32. The highest BCUT2D eigenvalue weighted by Gasteiger charge is 2.17. The summed E-state index contributed by atoms with van der Waals surface area (Å²) >= 11 is 2.63. The summed E-state index contributed by atoms with van der Waals surface area (Å²) in [7, 11) is 0. The minimum atomic E-state index is -0.416. The van der Waals surface area contributed by atoms with Crippen molar-refractivity contribution in [3.05, 3.63) is 43.3 Å². The van der Waals surface area contributed by atoms with Crippen molar-refractivity contribution in [2.45, 2.75) is 45.4 Å². The zero-order valence-corrected chi connectivity index (χ0v) is 15.6. The monoisotopic (exact) mass is 376 g/mol. The Kier molecular flexibility index (Phi) is 5.65. The topological polar surface area (TPSA) is 75.3 Å². The number of carbonyl (C=O) groups is 3. The van der Waals surface area contributed by atoms with Crippen molar-refractivity contribution in [1.29, 1.82) is 0 Å². The molecular weight excluding hydrogens is 356 g/mol. The van der Waals surface area contributed by atoms with Crippen molar-refractivity contribution in [3.8, 4) is 0 Å². The van der Waals surface area contributed by atoms with Crippen LogP contribution in [0.4, 0.5) is 0 Å². The number of hydrazine groups is 1. The van der Waals surface area contributed by atoms with Crippen LogP contribution < -0.4 is 10.9 Å². The number of nitrogens with one attached hydrogen (secondary N) is 2. The Morgan fingerprint density at radius 1 is 0.840 bits per heavy atom. The summed E-state index contributed by atoms with van der Waals surface area (Å²) in [6.07, 6.45) is 6.88. The number of hydrogen-bond acceptors (Lipinski definition) is 5. The molecule has 0 atom stereocenters. The SMILES string of the molecule is CC(=O)c1ccc(C(=O)NNC(=O)c2cc3c(s2)CCCCCC3)s1. The molecule has 1 aliphatic carbocycles. The smallest absolute Gasteiger partial charge is 0.279 e. The van der Waals surface area contributed by atoms with Gasteiger partial charge in [0.15, 0.2) is 5.78 Å². The van der Waals surface area contributed by atoms with Gasteiger partial charge < -0.3 is 0 Å². The van der Waals surface area contributed by atoms with Crippen LogP contribution in [0.1, 0.15) is 72.1 Å². The van der Waals surface area contributed by atoms with Gasteiger partial charge in [-0.05, 0) is 56.4 Å². The van der Waals surface area contributed by atoms with Crippen molar-refractivity contribution in [2.24, 2.45) is 0 Å². The molecule has 0 spiro atoms. The maximum absolute atomic E-state index is 12.3. The largest absolute Gasteiger partial charge is 0.294 e. The molecule has 0 saturated heterocycles. The van der Waals surface area contributed by atoms with E-state index in [1.54, 1.807) is 12.1 Å². The Balaban J connectivity index is 1.61. The van der Waals surface area contributed by atoms with Gasteiger partial charge in [0, 0.05) is 4.88 Å². The summed E-state index contributed by atoms with van der Waals surface area (Å²) in [6.45, 7) is 1.46. The Bertz CT molecular complexity index is 782. The lowest BCUT2D eigenvalue weighted by Gasteiger charge is -2.07. The van der Waals surface area contributed by atoms with Crippen LogP contribution in [0.2, 0.25) is 0 Å². The van der Waals surface area contributed by atoms with Crippen LogP contribution in [0.3, 0.4) is 0 Å². The Labute approximate surface area is 154 Å². The first-order valence-corrected chi connectivity index (χ1v) is 10.0. The molecule has 1 aliphatic rings. The molecule has 25 heavy (non-hydrogen) atoms. The number of ketones is 1. The Hall–Kier alpha value is -1.99. The average molecular weight is 377 g/mol. The summed E-state index contributed by atoms with van der Waals surface area (Å²) in [6, 6.07) is 5.15. The number of amides is 2. The molecule has 7 heteroatoms. The van der Waals surface area contributed by atoms with E-state index in [9.17, 15) is 14.4 Å². The molecule has 132 valence electrons. The van der Waals surface area contributed by atoms with Crippen LogP contribution in [-0.4, -0.2) is 17.6 Å². The number of aryl methyl sites for hydroxylation is 2. The number of rotatable bonds is 3. The molecule has 2 amide bonds. The van der Waals surface area contributed by atoms with Gasteiger partial charge in [-0.1, -0.05) is 12.8 Å². The molecule has 0 fully saturated rings. The van der Waals surface area contributed by atoms with Crippen LogP contribution in [0, 0.1) is 0 Å². The maximum atomic E-state index is 12.3. The lowest BCUT2D eigenvalue weighted by molar-refractivity contribution is 0.0851. The molecular formula is C18H20N2O3S2. The fraction of sp³-hybridized carbons (Fsp3) is 0.389. The predicted octanol–water partition coefficient (Wildman–Crippen LogP) is 3.75. The van der Waals surface area contributed by atoms with Crippen LogP contribution in [0.25, 0.3) is 0 Å². The fourth-order valence-corrected chi connectivity index (χ4v) is 4.79. The van der Waals surface area contributed by atoms with E-state index in [-0.39, 0.29) is 11.7 Å². The lowest BCUT2D eigenvalue weighted by atomic mass is 10.00. The molecule has 0 bridgehead atoms. The van der Waals surface area contributed by atoms with Gasteiger partial charge in [-0.25, -0.2) is 0 Å². The van der Waals surface area contributed by atoms with Gasteiger partial charge in [0.2, 0.25) is 0 Å². The van der Waals surface area contributed by atoms with E-state index in [1.165, 1.54) is 54.4 Å². The van der Waals surface area contributed by atoms with Gasteiger partial charge >= 0.3 is 0 Å². The molecule has 0 unspecified atom stereocenters. The van der Waals surface area contributed by atoms with E-state index >= 15 is 0 Å². The van der Waals surface area contributed by atoms with E-state index in [0.29, 0.717) is 14.6 Å². The van der Waals surface area contributed by atoms with Gasteiger partial charge in [-0.2, -0.15) is 0 Å². The Morgan fingerprint density at radius 2 is 1.48 bits per heavy atom. The van der Waals surface area contributed by atoms with Crippen molar-refractivity contribution in [2.75, 3.05) is 0 Å². The molecule has 5 nitrogen and oxygen atoms in total. The number of Topliss-reactive ketones (excluding diaryl/α,β-unsaturated/α-hetero) is 1. The molecule has 2 N–H and O–H groups in total. The van der Waals surface area contributed by atoms with E-state index in [4.69, 9.17) is 0 Å². The summed E-state index contributed by atoms with van der Waals surface area (Å²) in [5.41, 5.74) is 6.16. The van der Waals surface area contributed by atoms with Crippen LogP contribution >= 0.6 is 22.7 Å². The van der Waals surface area contributed by atoms with Gasteiger partial charge in [-0.3, -0.25) is 25.2 Å². The van der Waals surface area contributed by atoms with Gasteiger partial charge in [0.25, 0.3) is 11.8 Å². The lowest BCUT2D eigenvalue weighted by Crippen LogP contribution is -2.41. The summed E-state index contributed by atoms with van der Waals surface area (Å²) < 4.78 is 0. The zero-order valence-electron chi connectivity index (χ0n) is 14.0. The van der Waals surface area contributed by atoms with E-state index in [0.717, 1.165) is 24.2 Å². The van der Waals surface area contributed by atoms with Crippen LogP contribution in [0.15, 0.2) is 18.2 Å². The van der Waals surface area contributed by atoms with Crippen molar-refractivity contribution in [3.63, 3.8) is 0 Å². The molecule has 0 aliphatic heterocycles. The number of carbonyl (C=O) groups excluding carboxylic acids is 3. The minimum absolute atomic E-state index is 0.0795. The second-order valence-electron chi connectivity index (χ2n) is 6.10. The highest BCUT2D eigenvalue weighted by atomic mass is 32.1. The summed E-state index contributed by atoms with van der Waals surface area (Å²) in [5, 5.41) is 0. The highest BCUT2D eigenvalue weighted by molar-refractivity contribution is 7.16. The van der Waals surface area contributed by atoms with Gasteiger partial charge in [-0.15, -0.1) is 22.7 Å². The third-order valence-corrected chi connectivity index (χ3v) is 6.61.